The first-order valence-corrected chi connectivity index (χ1v) is 16.4. The van der Waals surface area contributed by atoms with Crippen molar-refractivity contribution < 1.29 is 14.0 Å². The number of hydrogen-bond donors (Lipinski definition) is 2. The summed E-state index contributed by atoms with van der Waals surface area (Å²) in [6, 6.07) is 14.9. The molecular formula is C40H45FN5O2+. The minimum atomic E-state index is -0.942. The molecule has 4 rings (SSSR count). The fraction of sp³-hybridized carbons (Fsp3) is 0.400. The van der Waals surface area contributed by atoms with Gasteiger partial charge in [0, 0.05) is 18.9 Å². The van der Waals surface area contributed by atoms with Crippen molar-refractivity contribution in [3.05, 3.63) is 107 Å². The number of benzene rings is 2. The molecule has 248 valence electrons. The number of allylic oxidation sites excluding steroid dienone is 2. The van der Waals surface area contributed by atoms with Crippen LogP contribution < -0.4 is 5.32 Å². The van der Waals surface area contributed by atoms with Crippen LogP contribution in [0, 0.1) is 45.9 Å². The van der Waals surface area contributed by atoms with Crippen molar-refractivity contribution in [1.82, 2.24) is 10.2 Å². The second kappa shape index (κ2) is 14.9. The zero-order valence-electron chi connectivity index (χ0n) is 28.5. The zero-order valence-corrected chi connectivity index (χ0v) is 28.5. The lowest BCUT2D eigenvalue weighted by molar-refractivity contribution is -0.136. The first-order valence-electron chi connectivity index (χ1n) is 16.4. The van der Waals surface area contributed by atoms with Gasteiger partial charge in [-0.05, 0) is 105 Å². The van der Waals surface area contributed by atoms with Crippen LogP contribution in [-0.2, 0) is 4.79 Å². The molecule has 1 fully saturated rings. The summed E-state index contributed by atoms with van der Waals surface area (Å²) in [6.07, 6.45) is 6.99. The van der Waals surface area contributed by atoms with Crippen molar-refractivity contribution in [3.63, 3.8) is 0 Å². The van der Waals surface area contributed by atoms with E-state index in [0.717, 1.165) is 42.4 Å². The highest BCUT2D eigenvalue weighted by Gasteiger charge is 2.51. The number of amidine groups is 1. The maximum absolute atomic E-state index is 14.9. The van der Waals surface area contributed by atoms with E-state index in [1.165, 1.54) is 12.1 Å². The van der Waals surface area contributed by atoms with E-state index in [-0.39, 0.29) is 24.2 Å². The number of carbonyl (C=O) groups excluding carboxylic acids is 2. The molecule has 0 radical (unpaired) electrons. The van der Waals surface area contributed by atoms with Crippen molar-refractivity contribution in [3.8, 4) is 6.07 Å². The Morgan fingerprint density at radius 3 is 2.42 bits per heavy atom. The fourth-order valence-electron chi connectivity index (χ4n) is 6.97. The summed E-state index contributed by atoms with van der Waals surface area (Å²) in [5, 5.41) is 20.3. The molecule has 1 aliphatic carbocycles. The third kappa shape index (κ3) is 7.44. The molecule has 0 bridgehead atoms. The number of halogens is 1. The Morgan fingerprint density at radius 2 is 1.88 bits per heavy atom. The van der Waals surface area contributed by atoms with E-state index in [2.05, 4.69) is 61.9 Å². The number of rotatable bonds is 12. The fourth-order valence-corrected chi connectivity index (χ4v) is 6.97. The smallest absolute Gasteiger partial charge is 0.266 e. The summed E-state index contributed by atoms with van der Waals surface area (Å²) in [7, 11) is 0. The predicted octanol–water partition coefficient (Wildman–Crippen LogP) is 8.19. The van der Waals surface area contributed by atoms with Gasteiger partial charge >= 0.3 is 0 Å². The number of carbonyl (C=O) groups is 2. The van der Waals surface area contributed by atoms with Gasteiger partial charge in [-0.3, -0.25) is 15.0 Å². The molecule has 2 aromatic carbocycles. The van der Waals surface area contributed by atoms with E-state index in [4.69, 9.17) is 5.41 Å². The van der Waals surface area contributed by atoms with Gasteiger partial charge in [-0.1, -0.05) is 43.3 Å². The molecule has 3 unspecified atom stereocenters. The average Bonchev–Trinajstić information content (AvgIpc) is 3.10. The molecule has 2 aromatic rings. The zero-order chi connectivity index (χ0) is 35.2. The summed E-state index contributed by atoms with van der Waals surface area (Å²) in [5.41, 5.74) is 6.13. The van der Waals surface area contributed by atoms with Crippen LogP contribution in [0.5, 0.6) is 0 Å². The van der Waals surface area contributed by atoms with E-state index >= 15 is 0 Å². The molecule has 1 aliphatic heterocycles. The normalized spacial score (nSPS) is 21.5. The number of nitrogens with zero attached hydrogens (tertiary/aromatic N) is 3. The van der Waals surface area contributed by atoms with Crippen molar-refractivity contribution in [2.75, 3.05) is 6.54 Å². The molecule has 1 spiro atoms. The van der Waals surface area contributed by atoms with Gasteiger partial charge in [-0.2, -0.15) is 5.26 Å². The van der Waals surface area contributed by atoms with E-state index in [1.807, 2.05) is 24.0 Å². The Kier molecular flexibility index (Phi) is 11.1. The van der Waals surface area contributed by atoms with Crippen LogP contribution in [0.4, 0.5) is 4.39 Å². The van der Waals surface area contributed by atoms with Crippen LogP contribution in [-0.4, -0.2) is 41.4 Å². The Bertz CT molecular complexity index is 1700. The van der Waals surface area contributed by atoms with Crippen molar-refractivity contribution >= 4 is 29.9 Å². The lowest BCUT2D eigenvalue weighted by Crippen LogP contribution is -2.57. The summed E-state index contributed by atoms with van der Waals surface area (Å²) >= 11 is 0. The van der Waals surface area contributed by atoms with Crippen LogP contribution in [0.2, 0.25) is 0 Å². The molecule has 48 heavy (non-hydrogen) atoms. The first-order chi connectivity index (χ1) is 22.8. The van der Waals surface area contributed by atoms with Gasteiger partial charge in [0.25, 0.3) is 17.2 Å². The third-order valence-electron chi connectivity index (χ3n) is 10.4. The van der Waals surface area contributed by atoms with Gasteiger partial charge in [0.2, 0.25) is 6.08 Å². The highest BCUT2D eigenvalue weighted by Crippen LogP contribution is 2.51. The van der Waals surface area contributed by atoms with Gasteiger partial charge in [-0.25, -0.2) is 9.38 Å². The lowest BCUT2D eigenvalue weighted by Gasteiger charge is -2.53. The minimum absolute atomic E-state index is 0.0442. The van der Waals surface area contributed by atoms with E-state index in [0.29, 0.717) is 41.4 Å². The number of nitrogens with one attached hydrogen (secondary N) is 2. The molecule has 1 saturated carbocycles. The van der Waals surface area contributed by atoms with Crippen molar-refractivity contribution in [2.45, 2.75) is 77.8 Å². The predicted molar refractivity (Wildman–Crippen MR) is 189 cm³/mol. The van der Waals surface area contributed by atoms with Crippen molar-refractivity contribution in [1.29, 1.82) is 10.7 Å². The van der Waals surface area contributed by atoms with Crippen LogP contribution >= 0.6 is 0 Å². The molecular weight excluding hydrogens is 601 g/mol. The molecule has 1 heterocycles. The van der Waals surface area contributed by atoms with Gasteiger partial charge in [0.15, 0.2) is 0 Å². The largest absolute Gasteiger partial charge is 0.345 e. The molecule has 7 nitrogen and oxygen atoms in total. The van der Waals surface area contributed by atoms with Crippen molar-refractivity contribution in [2.24, 2.45) is 22.2 Å². The third-order valence-corrected chi connectivity index (χ3v) is 10.4. The molecule has 2 amide bonds. The molecule has 2 aliphatic rings. The van der Waals surface area contributed by atoms with Gasteiger partial charge < -0.3 is 10.2 Å². The maximum Gasteiger partial charge on any atom is 0.266 e. The standard InChI is InChI=1S/C40H44FN5O2/c1-8-39(6,25-42)20-19-35(31-9-11-32(12-10-31)37(47)45-24-36(43)44-7)46-38(48)34(30-13-15-33(41)16-14-30)23-27(4)40(46)21-17-29(18-22-40)28(5)26(2)3/h9-16,28-29,35,43H,1-2,7,17-22,24H2,3-6H3/p+1. The summed E-state index contributed by atoms with van der Waals surface area (Å²) in [6.45, 7) is 19.4. The average molecular weight is 647 g/mol. The molecule has 2 N–H and O–H groups in total. The monoisotopic (exact) mass is 646 g/mol. The molecule has 0 saturated heterocycles. The summed E-state index contributed by atoms with van der Waals surface area (Å²) in [4.78, 5) is 33.3. The van der Waals surface area contributed by atoms with Crippen LogP contribution in [0.25, 0.3) is 5.57 Å². The Morgan fingerprint density at radius 1 is 1.25 bits per heavy atom. The first kappa shape index (κ1) is 35.9. The summed E-state index contributed by atoms with van der Waals surface area (Å²) in [5.74, 6) is -0.217. The van der Waals surface area contributed by atoms with Crippen LogP contribution in [0.3, 0.4) is 0 Å². The van der Waals surface area contributed by atoms with E-state index in [9.17, 15) is 19.2 Å². The van der Waals surface area contributed by atoms with Crippen LogP contribution in [0.1, 0.15) is 93.7 Å². The lowest BCUT2D eigenvalue weighted by atomic mass is 9.66. The van der Waals surface area contributed by atoms with Gasteiger partial charge in [-0.15, -0.1) is 5.73 Å². The molecule has 3 atom stereocenters. The maximum atomic E-state index is 14.9. The SMILES string of the molecule is C=[C+]C(C)(C#N)CCC(c1ccc(C(=O)NCC(=N)N=C)cc1)N1C(=O)C(c2ccc(F)cc2)=C=C(C)C12CCC(C(C)C(=C)C)CC2. The summed E-state index contributed by atoms with van der Waals surface area (Å²) < 4.78 is 14.0. The number of hydrogen-bond acceptors (Lipinski definition) is 4. The minimum Gasteiger partial charge on any atom is -0.345 e. The highest BCUT2D eigenvalue weighted by atomic mass is 19.1. The Labute approximate surface area is 284 Å². The number of nitriles is 1. The van der Waals surface area contributed by atoms with E-state index in [1.54, 1.807) is 31.2 Å². The highest BCUT2D eigenvalue weighted by molar-refractivity contribution is 6.20. The Hall–Kier alpha value is -4.95. The quantitative estimate of drug-likeness (QED) is 0.0798. The second-order valence-electron chi connectivity index (χ2n) is 13.4. The topological polar surface area (TPSA) is 109 Å². The second-order valence-corrected chi connectivity index (χ2v) is 13.4. The molecule has 8 heteroatoms. The van der Waals surface area contributed by atoms with Gasteiger partial charge in [0.05, 0.1) is 23.7 Å². The Balaban J connectivity index is 1.84. The number of amides is 2. The van der Waals surface area contributed by atoms with Crippen LogP contribution in [0.15, 0.2) is 83.6 Å². The van der Waals surface area contributed by atoms with Gasteiger partial charge in [0.1, 0.15) is 24.3 Å². The van der Waals surface area contributed by atoms with E-state index < -0.39 is 22.8 Å². The number of aliphatic imine (C=N–C) groups is 1. The molecule has 0 aromatic heterocycles.